The summed E-state index contributed by atoms with van der Waals surface area (Å²) < 4.78 is 0. The molecule has 1 heterocycles. The summed E-state index contributed by atoms with van der Waals surface area (Å²) in [6.07, 6.45) is 4.79. The minimum absolute atomic E-state index is 0.0153. The molecule has 1 aliphatic heterocycles. The summed E-state index contributed by atoms with van der Waals surface area (Å²) in [7, 11) is 2.19. The van der Waals surface area contributed by atoms with Crippen LogP contribution < -0.4 is 0 Å². The molecule has 2 nitrogen and oxygen atoms in total. The van der Waals surface area contributed by atoms with Crippen LogP contribution in [-0.2, 0) is 0 Å². The van der Waals surface area contributed by atoms with E-state index in [1.54, 1.807) is 0 Å². The maximum Gasteiger partial charge on any atom is 0.0551 e. The second-order valence-corrected chi connectivity index (χ2v) is 4.40. The van der Waals surface area contributed by atoms with Gasteiger partial charge in [0.1, 0.15) is 0 Å². The van der Waals surface area contributed by atoms with Crippen molar-refractivity contribution < 1.29 is 5.11 Å². The summed E-state index contributed by atoms with van der Waals surface area (Å²) in [6.45, 7) is 2.46. The fourth-order valence-electron chi connectivity index (χ4n) is 2.73. The van der Waals surface area contributed by atoms with E-state index in [0.29, 0.717) is 5.41 Å². The van der Waals surface area contributed by atoms with Gasteiger partial charge in [-0.3, -0.25) is 0 Å². The van der Waals surface area contributed by atoms with Crippen LogP contribution in [-0.4, -0.2) is 36.2 Å². The van der Waals surface area contributed by atoms with E-state index in [9.17, 15) is 5.11 Å². The summed E-state index contributed by atoms with van der Waals surface area (Å²) >= 11 is 0. The maximum atomic E-state index is 9.23. The Bertz CT molecular complexity index is 146. The molecule has 1 N–H and O–H groups in total. The molecular formula is C9H17NO. The lowest BCUT2D eigenvalue weighted by molar-refractivity contribution is -0.0694. The van der Waals surface area contributed by atoms with Gasteiger partial charge in [-0.1, -0.05) is 0 Å². The van der Waals surface area contributed by atoms with Gasteiger partial charge >= 0.3 is 0 Å². The first-order valence-electron chi connectivity index (χ1n) is 4.57. The van der Waals surface area contributed by atoms with E-state index in [1.165, 1.54) is 25.9 Å². The highest BCUT2D eigenvalue weighted by molar-refractivity contribution is 4.97. The van der Waals surface area contributed by atoms with Crippen molar-refractivity contribution in [3.63, 3.8) is 0 Å². The minimum atomic E-state index is 0.0153. The minimum Gasteiger partial charge on any atom is -0.393 e. The molecule has 2 aliphatic rings. The van der Waals surface area contributed by atoms with Crippen molar-refractivity contribution in [2.75, 3.05) is 20.1 Å². The Labute approximate surface area is 68.2 Å². The van der Waals surface area contributed by atoms with Crippen LogP contribution >= 0.6 is 0 Å². The molecule has 0 radical (unpaired) electrons. The van der Waals surface area contributed by atoms with E-state index in [0.717, 1.165) is 12.8 Å². The van der Waals surface area contributed by atoms with Crippen LogP contribution in [0.4, 0.5) is 0 Å². The Kier molecular flexibility index (Phi) is 1.69. The van der Waals surface area contributed by atoms with Gasteiger partial charge in [0.2, 0.25) is 0 Å². The fourth-order valence-corrected chi connectivity index (χ4v) is 2.73. The summed E-state index contributed by atoms with van der Waals surface area (Å²) in [5.41, 5.74) is 0.520. The lowest BCUT2D eigenvalue weighted by atomic mass is 9.63. The molecule has 0 aromatic carbocycles. The summed E-state index contributed by atoms with van der Waals surface area (Å²) in [4.78, 5) is 2.40. The van der Waals surface area contributed by atoms with Crippen molar-refractivity contribution >= 4 is 0 Å². The van der Waals surface area contributed by atoms with Gasteiger partial charge in [-0.15, -0.1) is 0 Å². The van der Waals surface area contributed by atoms with Crippen LogP contribution in [0.3, 0.4) is 0 Å². The van der Waals surface area contributed by atoms with E-state index >= 15 is 0 Å². The van der Waals surface area contributed by atoms with Crippen molar-refractivity contribution in [2.24, 2.45) is 5.41 Å². The van der Waals surface area contributed by atoms with Crippen molar-refractivity contribution in [2.45, 2.75) is 31.8 Å². The maximum absolute atomic E-state index is 9.23. The average Bonchev–Trinajstić information content (AvgIpc) is 1.84. The molecule has 1 aliphatic carbocycles. The van der Waals surface area contributed by atoms with Crippen molar-refractivity contribution in [3.8, 4) is 0 Å². The molecule has 64 valence electrons. The van der Waals surface area contributed by atoms with Gasteiger partial charge in [0, 0.05) is 6.54 Å². The van der Waals surface area contributed by atoms with Crippen LogP contribution in [0.2, 0.25) is 0 Å². The zero-order chi connectivity index (χ0) is 7.90. The van der Waals surface area contributed by atoms with Gasteiger partial charge in [-0.2, -0.15) is 0 Å². The SMILES string of the molecule is CN1CCC[C@]2(C1)C[C@@H](O)C2. The molecular weight excluding hydrogens is 138 g/mol. The van der Waals surface area contributed by atoms with Crippen LogP contribution in [0.1, 0.15) is 25.7 Å². The first-order valence-corrected chi connectivity index (χ1v) is 4.57. The highest BCUT2D eigenvalue weighted by Crippen LogP contribution is 2.47. The molecule has 2 fully saturated rings. The van der Waals surface area contributed by atoms with E-state index in [2.05, 4.69) is 11.9 Å². The predicted molar refractivity (Wildman–Crippen MR) is 44.4 cm³/mol. The van der Waals surface area contributed by atoms with Crippen molar-refractivity contribution in [3.05, 3.63) is 0 Å². The molecule has 0 aromatic rings. The third-order valence-corrected chi connectivity index (χ3v) is 3.19. The number of nitrogens with zero attached hydrogens (tertiary/aromatic N) is 1. The zero-order valence-electron chi connectivity index (χ0n) is 7.21. The summed E-state index contributed by atoms with van der Waals surface area (Å²) in [5, 5.41) is 9.23. The number of aliphatic hydroxyl groups excluding tert-OH is 1. The molecule has 0 atom stereocenters. The first kappa shape index (κ1) is 7.56. The molecule has 2 rings (SSSR count). The van der Waals surface area contributed by atoms with Crippen molar-refractivity contribution in [1.82, 2.24) is 4.90 Å². The largest absolute Gasteiger partial charge is 0.393 e. The molecule has 11 heavy (non-hydrogen) atoms. The Hall–Kier alpha value is -0.0800. The second-order valence-electron chi connectivity index (χ2n) is 4.40. The predicted octanol–water partition coefficient (Wildman–Crippen LogP) is 0.853. The molecule has 1 saturated carbocycles. The number of likely N-dealkylation sites (tertiary alicyclic amines) is 1. The second kappa shape index (κ2) is 2.46. The van der Waals surface area contributed by atoms with Gasteiger partial charge in [-0.05, 0) is 44.7 Å². The molecule has 0 amide bonds. The van der Waals surface area contributed by atoms with E-state index in [-0.39, 0.29) is 6.10 Å². The monoisotopic (exact) mass is 155 g/mol. The fraction of sp³-hybridized carbons (Fsp3) is 1.00. The Morgan fingerprint density at radius 2 is 2.18 bits per heavy atom. The molecule has 1 saturated heterocycles. The summed E-state index contributed by atoms with van der Waals surface area (Å²) in [5.74, 6) is 0. The quantitative estimate of drug-likeness (QED) is 0.560. The van der Waals surface area contributed by atoms with Crippen LogP contribution in [0.15, 0.2) is 0 Å². The number of aliphatic hydroxyl groups is 1. The third kappa shape index (κ3) is 1.30. The summed E-state index contributed by atoms with van der Waals surface area (Å²) in [6, 6.07) is 0. The smallest absolute Gasteiger partial charge is 0.0551 e. The number of hydrogen-bond donors (Lipinski definition) is 1. The topological polar surface area (TPSA) is 23.5 Å². The first-order chi connectivity index (χ1) is 5.20. The van der Waals surface area contributed by atoms with Crippen molar-refractivity contribution in [1.29, 1.82) is 0 Å². The molecule has 2 heteroatoms. The normalized spacial score (nSPS) is 45.8. The van der Waals surface area contributed by atoms with Gasteiger partial charge in [0.05, 0.1) is 6.10 Å². The number of hydrogen-bond acceptors (Lipinski definition) is 2. The number of piperidine rings is 1. The lowest BCUT2D eigenvalue weighted by Gasteiger charge is -2.50. The van der Waals surface area contributed by atoms with Crippen LogP contribution in [0, 0.1) is 5.41 Å². The van der Waals surface area contributed by atoms with E-state index in [1.807, 2.05) is 0 Å². The Morgan fingerprint density at radius 1 is 1.45 bits per heavy atom. The average molecular weight is 155 g/mol. The van der Waals surface area contributed by atoms with Gasteiger partial charge < -0.3 is 10.0 Å². The van der Waals surface area contributed by atoms with E-state index < -0.39 is 0 Å². The molecule has 0 bridgehead atoms. The third-order valence-electron chi connectivity index (χ3n) is 3.19. The Morgan fingerprint density at radius 3 is 2.73 bits per heavy atom. The highest BCUT2D eigenvalue weighted by Gasteiger charge is 2.44. The van der Waals surface area contributed by atoms with Crippen LogP contribution in [0.25, 0.3) is 0 Å². The van der Waals surface area contributed by atoms with Gasteiger partial charge in [-0.25, -0.2) is 0 Å². The van der Waals surface area contributed by atoms with Crippen LogP contribution in [0.5, 0.6) is 0 Å². The standard InChI is InChI=1S/C9H17NO/c1-10-4-2-3-9(7-10)5-8(11)6-9/h8,11H,2-7H2,1H3/t8-,9+. The molecule has 1 spiro atoms. The number of rotatable bonds is 0. The van der Waals surface area contributed by atoms with Gasteiger partial charge in [0.15, 0.2) is 0 Å². The highest BCUT2D eigenvalue weighted by atomic mass is 16.3. The molecule has 0 aromatic heterocycles. The lowest BCUT2D eigenvalue weighted by Crippen LogP contribution is -2.51. The van der Waals surface area contributed by atoms with Gasteiger partial charge in [0.25, 0.3) is 0 Å². The van der Waals surface area contributed by atoms with E-state index in [4.69, 9.17) is 0 Å². The zero-order valence-corrected chi connectivity index (χ0v) is 7.21. The molecule has 0 unspecified atom stereocenters. The Balaban J connectivity index is 1.93.